The molecule has 0 aromatic carbocycles. The number of nitrogen functional groups attached to an aromatic ring is 1. The van der Waals surface area contributed by atoms with Crippen LogP contribution in [0.25, 0.3) is 0 Å². The molecule has 1 saturated heterocycles. The van der Waals surface area contributed by atoms with E-state index in [9.17, 15) is 0 Å². The van der Waals surface area contributed by atoms with E-state index in [1.165, 1.54) is 6.54 Å². The Kier molecular flexibility index (Phi) is 3.66. The first-order chi connectivity index (χ1) is 7.65. The topological polar surface area (TPSA) is 45.4 Å². The van der Waals surface area contributed by atoms with Crippen LogP contribution < -0.4 is 10.6 Å². The lowest BCUT2D eigenvalue weighted by Gasteiger charge is -2.35. The van der Waals surface area contributed by atoms with Crippen molar-refractivity contribution >= 4 is 21.5 Å². The molecule has 2 heterocycles. The molecule has 5 heteroatoms. The predicted octanol–water partition coefficient (Wildman–Crippen LogP) is 1.50. The van der Waals surface area contributed by atoms with Gasteiger partial charge >= 0.3 is 0 Å². The highest BCUT2D eigenvalue weighted by molar-refractivity contribution is 7.19. The maximum absolute atomic E-state index is 5.70. The molecule has 90 valence electrons. The first-order valence-corrected chi connectivity index (χ1v) is 6.65. The van der Waals surface area contributed by atoms with Crippen molar-refractivity contribution in [1.29, 1.82) is 0 Å². The zero-order chi connectivity index (χ0) is 11.5. The Morgan fingerprint density at radius 3 is 2.56 bits per heavy atom. The van der Waals surface area contributed by atoms with Gasteiger partial charge in [-0.1, -0.05) is 25.2 Å². The van der Waals surface area contributed by atoms with Crippen molar-refractivity contribution in [3.05, 3.63) is 6.20 Å². The van der Waals surface area contributed by atoms with Crippen molar-refractivity contribution in [3.8, 4) is 0 Å². The Labute approximate surface area is 101 Å². The van der Waals surface area contributed by atoms with Crippen LogP contribution in [0.15, 0.2) is 6.20 Å². The maximum Gasteiger partial charge on any atom is 0.187 e. The van der Waals surface area contributed by atoms with Gasteiger partial charge in [-0.25, -0.2) is 4.98 Å². The summed E-state index contributed by atoms with van der Waals surface area (Å²) in [6, 6.07) is 0. The molecule has 1 aromatic heterocycles. The molecule has 0 radical (unpaired) electrons. The highest BCUT2D eigenvalue weighted by atomic mass is 32.1. The van der Waals surface area contributed by atoms with Crippen LogP contribution in [0.4, 0.5) is 10.1 Å². The fraction of sp³-hybridized carbons (Fsp3) is 0.727. The zero-order valence-corrected chi connectivity index (χ0v) is 10.8. The normalized spacial score (nSPS) is 18.3. The molecule has 2 rings (SSSR count). The smallest absolute Gasteiger partial charge is 0.187 e. The number of hydrogen-bond acceptors (Lipinski definition) is 5. The summed E-state index contributed by atoms with van der Waals surface area (Å²) in [6.07, 6.45) is 1.75. The fourth-order valence-corrected chi connectivity index (χ4v) is 2.79. The van der Waals surface area contributed by atoms with Crippen molar-refractivity contribution < 1.29 is 0 Å². The van der Waals surface area contributed by atoms with Crippen LogP contribution in [0.1, 0.15) is 13.8 Å². The number of aromatic nitrogens is 1. The lowest BCUT2D eigenvalue weighted by molar-refractivity contribution is 0.231. The molecule has 0 saturated carbocycles. The van der Waals surface area contributed by atoms with Gasteiger partial charge in [-0.05, 0) is 5.92 Å². The largest absolute Gasteiger partial charge is 0.389 e. The average Bonchev–Trinajstić information content (AvgIpc) is 2.65. The third-order valence-corrected chi connectivity index (χ3v) is 3.66. The second kappa shape index (κ2) is 5.01. The molecular weight excluding hydrogens is 220 g/mol. The molecule has 1 fully saturated rings. The average molecular weight is 240 g/mol. The lowest BCUT2D eigenvalue weighted by Crippen LogP contribution is -2.47. The van der Waals surface area contributed by atoms with Crippen molar-refractivity contribution in [2.75, 3.05) is 43.4 Å². The van der Waals surface area contributed by atoms with E-state index >= 15 is 0 Å². The molecule has 0 aliphatic carbocycles. The summed E-state index contributed by atoms with van der Waals surface area (Å²) in [5.41, 5.74) is 5.70. The van der Waals surface area contributed by atoms with Crippen LogP contribution in [-0.2, 0) is 0 Å². The molecule has 16 heavy (non-hydrogen) atoms. The van der Waals surface area contributed by atoms with Gasteiger partial charge in [0.05, 0.1) is 6.20 Å². The first-order valence-electron chi connectivity index (χ1n) is 5.84. The number of thiazole rings is 1. The van der Waals surface area contributed by atoms with E-state index in [4.69, 9.17) is 5.73 Å². The Hall–Kier alpha value is -0.810. The van der Waals surface area contributed by atoms with E-state index < -0.39 is 0 Å². The number of rotatable bonds is 3. The Bertz CT molecular complexity index is 328. The summed E-state index contributed by atoms with van der Waals surface area (Å²) in [6.45, 7) is 10.2. The van der Waals surface area contributed by atoms with Gasteiger partial charge in [-0.15, -0.1) is 0 Å². The molecular formula is C11H20N4S. The Morgan fingerprint density at radius 1 is 1.38 bits per heavy atom. The van der Waals surface area contributed by atoms with E-state index in [0.29, 0.717) is 0 Å². The van der Waals surface area contributed by atoms with Crippen LogP contribution in [0.2, 0.25) is 0 Å². The fourth-order valence-electron chi connectivity index (χ4n) is 2.06. The molecule has 0 spiro atoms. The zero-order valence-electron chi connectivity index (χ0n) is 10.0. The molecule has 0 amide bonds. The quantitative estimate of drug-likeness (QED) is 0.870. The van der Waals surface area contributed by atoms with Crippen LogP contribution in [0.3, 0.4) is 0 Å². The molecule has 1 aliphatic rings. The standard InChI is InChI=1S/C11H20N4S/c1-9(2)8-14-3-5-15(6-4-14)11-13-7-10(12)16-11/h7,9H,3-6,8,12H2,1-2H3. The van der Waals surface area contributed by atoms with Gasteiger partial charge in [0.25, 0.3) is 0 Å². The molecule has 0 unspecified atom stereocenters. The number of anilines is 2. The van der Waals surface area contributed by atoms with E-state index in [2.05, 4.69) is 28.6 Å². The van der Waals surface area contributed by atoms with Gasteiger partial charge in [0, 0.05) is 32.7 Å². The lowest BCUT2D eigenvalue weighted by atomic mass is 10.2. The van der Waals surface area contributed by atoms with Gasteiger partial charge in [0.2, 0.25) is 0 Å². The second-order valence-corrected chi connectivity index (χ2v) is 5.77. The minimum Gasteiger partial charge on any atom is -0.389 e. The maximum atomic E-state index is 5.70. The predicted molar refractivity (Wildman–Crippen MR) is 70.0 cm³/mol. The Morgan fingerprint density at radius 2 is 2.06 bits per heavy atom. The third-order valence-electron chi connectivity index (χ3n) is 2.78. The molecule has 0 bridgehead atoms. The highest BCUT2D eigenvalue weighted by Gasteiger charge is 2.19. The van der Waals surface area contributed by atoms with Crippen molar-refractivity contribution in [2.45, 2.75) is 13.8 Å². The summed E-state index contributed by atoms with van der Waals surface area (Å²) in [4.78, 5) is 9.18. The van der Waals surface area contributed by atoms with Crippen molar-refractivity contribution in [2.24, 2.45) is 5.92 Å². The summed E-state index contributed by atoms with van der Waals surface area (Å²) >= 11 is 1.58. The van der Waals surface area contributed by atoms with Gasteiger partial charge < -0.3 is 10.6 Å². The minimum absolute atomic E-state index is 0.752. The summed E-state index contributed by atoms with van der Waals surface area (Å²) in [5, 5.41) is 1.88. The number of hydrogen-bond donors (Lipinski definition) is 1. The molecule has 0 atom stereocenters. The van der Waals surface area contributed by atoms with Crippen molar-refractivity contribution in [3.63, 3.8) is 0 Å². The van der Waals surface area contributed by atoms with Crippen LogP contribution in [0, 0.1) is 5.92 Å². The number of nitrogens with two attached hydrogens (primary N) is 1. The molecule has 1 aliphatic heterocycles. The first kappa shape index (κ1) is 11.7. The second-order valence-electron chi connectivity index (χ2n) is 4.73. The van der Waals surface area contributed by atoms with E-state index in [1.54, 1.807) is 17.5 Å². The Balaban J connectivity index is 1.85. The third kappa shape index (κ3) is 2.86. The van der Waals surface area contributed by atoms with Crippen LogP contribution >= 0.6 is 11.3 Å². The summed E-state index contributed by atoms with van der Waals surface area (Å²) < 4.78 is 0. The van der Waals surface area contributed by atoms with Crippen LogP contribution in [-0.4, -0.2) is 42.6 Å². The monoisotopic (exact) mass is 240 g/mol. The van der Waals surface area contributed by atoms with Gasteiger partial charge in [0.15, 0.2) is 5.13 Å². The molecule has 2 N–H and O–H groups in total. The van der Waals surface area contributed by atoms with Gasteiger partial charge in [-0.2, -0.15) is 0 Å². The number of nitrogens with zero attached hydrogens (tertiary/aromatic N) is 3. The van der Waals surface area contributed by atoms with Gasteiger partial charge in [0.1, 0.15) is 5.00 Å². The SMILES string of the molecule is CC(C)CN1CCN(c2ncc(N)s2)CC1. The number of piperazine rings is 1. The molecule has 1 aromatic rings. The van der Waals surface area contributed by atoms with E-state index in [1.807, 2.05) is 0 Å². The van der Waals surface area contributed by atoms with Crippen LogP contribution in [0.5, 0.6) is 0 Å². The van der Waals surface area contributed by atoms with Gasteiger partial charge in [-0.3, -0.25) is 4.90 Å². The van der Waals surface area contributed by atoms with E-state index in [-0.39, 0.29) is 0 Å². The minimum atomic E-state index is 0.752. The summed E-state index contributed by atoms with van der Waals surface area (Å²) in [5.74, 6) is 0.752. The van der Waals surface area contributed by atoms with Crippen molar-refractivity contribution in [1.82, 2.24) is 9.88 Å². The molecule has 4 nitrogen and oxygen atoms in total. The van der Waals surface area contributed by atoms with E-state index in [0.717, 1.165) is 42.2 Å². The highest BCUT2D eigenvalue weighted by Crippen LogP contribution is 2.24. The summed E-state index contributed by atoms with van der Waals surface area (Å²) in [7, 11) is 0.